The predicted molar refractivity (Wildman–Crippen MR) is 88.4 cm³/mol. The predicted octanol–water partition coefficient (Wildman–Crippen LogP) is 2.49. The van der Waals surface area contributed by atoms with E-state index in [-0.39, 0.29) is 12.3 Å². The first-order valence-corrected chi connectivity index (χ1v) is 8.40. The number of hydrogen-bond acceptors (Lipinski definition) is 3. The van der Waals surface area contributed by atoms with Gasteiger partial charge in [0.2, 0.25) is 5.91 Å². The van der Waals surface area contributed by atoms with Crippen molar-refractivity contribution < 1.29 is 14.3 Å². The van der Waals surface area contributed by atoms with Gasteiger partial charge in [-0.05, 0) is 56.8 Å². The van der Waals surface area contributed by atoms with E-state index in [9.17, 15) is 14.3 Å². The van der Waals surface area contributed by atoms with E-state index in [0.717, 1.165) is 25.9 Å². The highest BCUT2D eigenvalue weighted by Gasteiger charge is 2.22. The lowest BCUT2D eigenvalue weighted by Gasteiger charge is -2.35. The van der Waals surface area contributed by atoms with Crippen molar-refractivity contribution in [1.29, 1.82) is 0 Å². The Morgan fingerprint density at radius 3 is 2.96 bits per heavy atom. The molecule has 1 heterocycles. The molecule has 1 amide bonds. The van der Waals surface area contributed by atoms with E-state index >= 15 is 0 Å². The lowest BCUT2D eigenvalue weighted by Crippen LogP contribution is -2.43. The van der Waals surface area contributed by atoms with Crippen LogP contribution in [-0.4, -0.2) is 41.6 Å². The summed E-state index contributed by atoms with van der Waals surface area (Å²) in [6, 6.07) is 6.28. The first kappa shape index (κ1) is 17.9. The topological polar surface area (TPSA) is 52.6 Å². The molecule has 0 bridgehead atoms. The normalized spacial score (nSPS) is 20.5. The van der Waals surface area contributed by atoms with Crippen LogP contribution in [0.2, 0.25) is 0 Å². The lowest BCUT2D eigenvalue weighted by molar-refractivity contribution is -0.123. The average Bonchev–Trinajstić information content (AvgIpc) is 2.53. The third-order valence-electron chi connectivity index (χ3n) is 4.48. The van der Waals surface area contributed by atoms with Gasteiger partial charge < -0.3 is 15.3 Å². The van der Waals surface area contributed by atoms with E-state index in [1.165, 1.54) is 18.2 Å². The number of hydrogen-bond donors (Lipinski definition) is 2. The Hall–Kier alpha value is -1.46. The fourth-order valence-electron chi connectivity index (χ4n) is 3.07. The van der Waals surface area contributed by atoms with Crippen molar-refractivity contribution in [3.8, 4) is 0 Å². The van der Waals surface area contributed by atoms with E-state index in [2.05, 4.69) is 24.1 Å². The van der Waals surface area contributed by atoms with Gasteiger partial charge in [-0.25, -0.2) is 4.39 Å². The number of aliphatic hydroxyl groups is 1. The van der Waals surface area contributed by atoms with Crippen molar-refractivity contribution in [2.45, 2.75) is 45.3 Å². The molecule has 5 heteroatoms. The fourth-order valence-corrected chi connectivity index (χ4v) is 3.07. The number of aliphatic hydroxyl groups excluding tert-OH is 1. The number of piperidine rings is 1. The van der Waals surface area contributed by atoms with Crippen LogP contribution in [0.3, 0.4) is 0 Å². The molecule has 0 radical (unpaired) electrons. The molecule has 2 atom stereocenters. The summed E-state index contributed by atoms with van der Waals surface area (Å²) in [6.07, 6.45) is 1.27. The molecule has 1 aliphatic heterocycles. The number of carbonyl (C=O) groups excluding carboxylic acids is 1. The van der Waals surface area contributed by atoms with Crippen LogP contribution in [0.5, 0.6) is 0 Å². The summed E-state index contributed by atoms with van der Waals surface area (Å²) < 4.78 is 13.1. The Balaban J connectivity index is 1.76. The van der Waals surface area contributed by atoms with Crippen LogP contribution in [0.4, 0.5) is 4.39 Å². The minimum Gasteiger partial charge on any atom is -0.388 e. The molecule has 1 aromatic rings. The van der Waals surface area contributed by atoms with Crippen molar-refractivity contribution in [1.82, 2.24) is 10.2 Å². The van der Waals surface area contributed by atoms with Crippen molar-refractivity contribution in [3.05, 3.63) is 35.6 Å². The molecule has 128 valence electrons. The molecule has 0 spiro atoms. The maximum absolute atomic E-state index is 13.1. The Kier molecular flexibility index (Phi) is 6.54. The van der Waals surface area contributed by atoms with Crippen LogP contribution in [-0.2, 0) is 4.79 Å². The average molecular weight is 322 g/mol. The molecule has 1 aromatic carbocycles. The second-order valence-corrected chi connectivity index (χ2v) is 6.68. The molecule has 0 aliphatic carbocycles. The fraction of sp³-hybridized carbons (Fsp3) is 0.611. The van der Waals surface area contributed by atoms with E-state index in [1.807, 2.05) is 0 Å². The molecule has 0 saturated carbocycles. The Labute approximate surface area is 137 Å². The number of halogens is 1. The molecular formula is C18H27FN2O2. The summed E-state index contributed by atoms with van der Waals surface area (Å²) in [5, 5.41) is 12.9. The second kappa shape index (κ2) is 8.41. The third kappa shape index (κ3) is 5.59. The monoisotopic (exact) mass is 322 g/mol. The van der Waals surface area contributed by atoms with Gasteiger partial charge >= 0.3 is 0 Å². The highest BCUT2D eigenvalue weighted by Crippen LogP contribution is 2.19. The minimum absolute atomic E-state index is 0.0376. The molecule has 1 fully saturated rings. The van der Waals surface area contributed by atoms with Gasteiger partial charge in [0.15, 0.2) is 0 Å². The number of amides is 1. The van der Waals surface area contributed by atoms with Crippen molar-refractivity contribution >= 4 is 5.91 Å². The van der Waals surface area contributed by atoms with Crippen molar-refractivity contribution in [2.75, 3.05) is 19.6 Å². The SMILES string of the molecule is CC(C)N1CCCC(CNC(=O)CC(O)c2cccc(F)c2)C1. The number of likely N-dealkylation sites (tertiary alicyclic amines) is 1. The molecule has 0 aromatic heterocycles. The molecular weight excluding hydrogens is 295 g/mol. The maximum Gasteiger partial charge on any atom is 0.222 e. The molecule has 4 nitrogen and oxygen atoms in total. The van der Waals surface area contributed by atoms with Gasteiger partial charge in [-0.2, -0.15) is 0 Å². The zero-order chi connectivity index (χ0) is 16.8. The third-order valence-corrected chi connectivity index (χ3v) is 4.48. The van der Waals surface area contributed by atoms with Gasteiger partial charge in [0.05, 0.1) is 12.5 Å². The molecule has 1 saturated heterocycles. The molecule has 2 unspecified atom stereocenters. The van der Waals surface area contributed by atoms with Gasteiger partial charge in [0, 0.05) is 19.1 Å². The van der Waals surface area contributed by atoms with Gasteiger partial charge in [0.25, 0.3) is 0 Å². The quantitative estimate of drug-likeness (QED) is 0.846. The van der Waals surface area contributed by atoms with Crippen LogP contribution in [0.1, 0.15) is 44.8 Å². The van der Waals surface area contributed by atoms with Crippen LogP contribution >= 0.6 is 0 Å². The minimum atomic E-state index is -0.968. The van der Waals surface area contributed by atoms with Crippen LogP contribution in [0, 0.1) is 11.7 Å². The number of carbonyl (C=O) groups is 1. The lowest BCUT2D eigenvalue weighted by atomic mass is 9.97. The first-order chi connectivity index (χ1) is 11.0. The van der Waals surface area contributed by atoms with E-state index in [0.29, 0.717) is 24.1 Å². The zero-order valence-corrected chi connectivity index (χ0v) is 14.0. The van der Waals surface area contributed by atoms with E-state index in [1.54, 1.807) is 6.07 Å². The van der Waals surface area contributed by atoms with Gasteiger partial charge in [-0.3, -0.25) is 4.79 Å². The second-order valence-electron chi connectivity index (χ2n) is 6.68. The smallest absolute Gasteiger partial charge is 0.222 e. The van der Waals surface area contributed by atoms with Gasteiger partial charge in [-0.1, -0.05) is 12.1 Å². The van der Waals surface area contributed by atoms with E-state index in [4.69, 9.17) is 0 Å². The van der Waals surface area contributed by atoms with Crippen LogP contribution in [0.25, 0.3) is 0 Å². The molecule has 2 rings (SSSR count). The van der Waals surface area contributed by atoms with Crippen LogP contribution < -0.4 is 5.32 Å². The number of nitrogens with zero attached hydrogens (tertiary/aromatic N) is 1. The van der Waals surface area contributed by atoms with Crippen molar-refractivity contribution in [3.63, 3.8) is 0 Å². The van der Waals surface area contributed by atoms with Gasteiger partial charge in [-0.15, -0.1) is 0 Å². The summed E-state index contributed by atoms with van der Waals surface area (Å²) >= 11 is 0. The largest absolute Gasteiger partial charge is 0.388 e. The van der Waals surface area contributed by atoms with E-state index < -0.39 is 11.9 Å². The van der Waals surface area contributed by atoms with Crippen LogP contribution in [0.15, 0.2) is 24.3 Å². The Morgan fingerprint density at radius 2 is 2.26 bits per heavy atom. The number of rotatable bonds is 6. The Morgan fingerprint density at radius 1 is 1.48 bits per heavy atom. The molecule has 2 N–H and O–H groups in total. The summed E-state index contributed by atoms with van der Waals surface area (Å²) in [4.78, 5) is 14.4. The van der Waals surface area contributed by atoms with Crippen molar-refractivity contribution in [2.24, 2.45) is 5.92 Å². The Bertz CT molecular complexity index is 521. The summed E-state index contributed by atoms with van der Waals surface area (Å²) in [6.45, 7) is 7.15. The number of nitrogens with one attached hydrogen (secondary N) is 1. The molecule has 1 aliphatic rings. The summed E-state index contributed by atoms with van der Waals surface area (Å²) in [5.41, 5.74) is 0.434. The zero-order valence-electron chi connectivity index (χ0n) is 14.0. The van der Waals surface area contributed by atoms with Gasteiger partial charge in [0.1, 0.15) is 5.82 Å². The number of benzene rings is 1. The first-order valence-electron chi connectivity index (χ1n) is 8.40. The molecule has 23 heavy (non-hydrogen) atoms. The standard InChI is InChI=1S/C18H27FN2O2/c1-13(2)21-8-4-5-14(12-21)11-20-18(23)10-17(22)15-6-3-7-16(19)9-15/h3,6-7,9,13-14,17,22H,4-5,8,10-12H2,1-2H3,(H,20,23). The highest BCUT2D eigenvalue weighted by molar-refractivity contribution is 5.76. The summed E-state index contributed by atoms with van der Waals surface area (Å²) in [7, 11) is 0. The maximum atomic E-state index is 13.1. The summed E-state index contributed by atoms with van der Waals surface area (Å²) in [5.74, 6) is -0.136. The highest BCUT2D eigenvalue weighted by atomic mass is 19.1.